The van der Waals surface area contributed by atoms with Gasteiger partial charge in [0, 0.05) is 12.6 Å². The van der Waals surface area contributed by atoms with Gasteiger partial charge in [0.2, 0.25) is 0 Å². The van der Waals surface area contributed by atoms with Gasteiger partial charge in [-0.1, -0.05) is 20.8 Å². The summed E-state index contributed by atoms with van der Waals surface area (Å²) in [5, 5.41) is 3.84. The van der Waals surface area contributed by atoms with E-state index in [0.29, 0.717) is 5.56 Å². The highest BCUT2D eigenvalue weighted by Gasteiger charge is 2.26. The van der Waals surface area contributed by atoms with Crippen molar-refractivity contribution in [1.29, 1.82) is 0 Å². The Morgan fingerprint density at radius 3 is 2.23 bits per heavy atom. The van der Waals surface area contributed by atoms with Crippen molar-refractivity contribution in [1.82, 2.24) is 9.78 Å². The number of aromatic nitrogens is 2. The maximum absolute atomic E-state index is 12.6. The van der Waals surface area contributed by atoms with Crippen molar-refractivity contribution in [2.24, 2.45) is 7.05 Å². The molecule has 0 spiro atoms. The van der Waals surface area contributed by atoms with Gasteiger partial charge in [-0.05, 0) is 5.41 Å². The lowest BCUT2D eigenvalue weighted by molar-refractivity contribution is 0.138. The monoisotopic (exact) mass is 188 g/mol. The third kappa shape index (κ3) is 1.87. The van der Waals surface area contributed by atoms with E-state index in [4.69, 9.17) is 0 Å². The van der Waals surface area contributed by atoms with E-state index in [-0.39, 0.29) is 11.1 Å². The Balaban J connectivity index is 3.23. The van der Waals surface area contributed by atoms with Gasteiger partial charge >= 0.3 is 0 Å². The molecule has 0 saturated heterocycles. The van der Waals surface area contributed by atoms with Crippen LogP contribution in [0.15, 0.2) is 6.20 Å². The van der Waals surface area contributed by atoms with E-state index in [1.807, 2.05) is 20.8 Å². The molecule has 0 aliphatic carbocycles. The minimum atomic E-state index is -2.46. The van der Waals surface area contributed by atoms with Crippen LogP contribution in [0.1, 0.15) is 38.5 Å². The maximum Gasteiger partial charge on any atom is 0.280 e. The van der Waals surface area contributed by atoms with Crippen LogP contribution in [0.2, 0.25) is 0 Å². The van der Waals surface area contributed by atoms with Crippen molar-refractivity contribution in [2.75, 3.05) is 0 Å². The molecule has 0 atom stereocenters. The zero-order chi connectivity index (χ0) is 10.2. The maximum atomic E-state index is 12.6. The first-order valence-electron chi connectivity index (χ1n) is 4.14. The molecule has 1 heterocycles. The molecule has 74 valence electrons. The third-order valence-electron chi connectivity index (χ3n) is 2.00. The van der Waals surface area contributed by atoms with Crippen LogP contribution < -0.4 is 0 Å². The zero-order valence-corrected chi connectivity index (χ0v) is 8.31. The molecule has 0 saturated carbocycles. The number of halogens is 2. The molecular weight excluding hydrogens is 174 g/mol. The standard InChI is InChI=1S/C9H14F2N2/c1-9(2,3)6-5-12-13(4)7(6)8(10)11/h5,8H,1-4H3. The molecule has 1 rings (SSSR count). The average molecular weight is 188 g/mol. The van der Waals surface area contributed by atoms with Gasteiger partial charge in [-0.3, -0.25) is 4.68 Å². The quantitative estimate of drug-likeness (QED) is 0.662. The zero-order valence-electron chi connectivity index (χ0n) is 8.31. The Kier molecular flexibility index (Phi) is 2.41. The van der Waals surface area contributed by atoms with Gasteiger partial charge in [0.25, 0.3) is 6.43 Å². The fraction of sp³-hybridized carbons (Fsp3) is 0.667. The Bertz CT molecular complexity index is 297. The molecule has 13 heavy (non-hydrogen) atoms. The minimum absolute atomic E-state index is 0.0208. The molecule has 0 aliphatic rings. The van der Waals surface area contributed by atoms with Crippen LogP contribution in [0.25, 0.3) is 0 Å². The van der Waals surface area contributed by atoms with E-state index in [0.717, 1.165) is 0 Å². The fourth-order valence-corrected chi connectivity index (χ4v) is 1.28. The molecule has 4 heteroatoms. The van der Waals surface area contributed by atoms with Gasteiger partial charge in [-0.25, -0.2) is 8.78 Å². The first-order chi connectivity index (χ1) is 5.84. The summed E-state index contributed by atoms with van der Waals surface area (Å²) in [7, 11) is 1.54. The first-order valence-corrected chi connectivity index (χ1v) is 4.14. The molecule has 0 N–H and O–H groups in total. The molecule has 1 aromatic heterocycles. The number of rotatable bonds is 1. The van der Waals surface area contributed by atoms with Crippen molar-refractivity contribution in [2.45, 2.75) is 32.6 Å². The molecule has 0 radical (unpaired) electrons. The van der Waals surface area contributed by atoms with E-state index in [1.165, 1.54) is 17.9 Å². The summed E-state index contributed by atoms with van der Waals surface area (Å²) in [5.41, 5.74) is 0.359. The summed E-state index contributed by atoms with van der Waals surface area (Å²) in [4.78, 5) is 0. The second-order valence-corrected chi connectivity index (χ2v) is 4.12. The number of alkyl halides is 2. The Labute approximate surface area is 76.6 Å². The van der Waals surface area contributed by atoms with Gasteiger partial charge in [-0.15, -0.1) is 0 Å². The lowest BCUT2D eigenvalue weighted by atomic mass is 9.87. The highest BCUT2D eigenvalue weighted by molar-refractivity contribution is 5.26. The largest absolute Gasteiger partial charge is 0.280 e. The van der Waals surface area contributed by atoms with Crippen molar-refractivity contribution in [3.8, 4) is 0 Å². The number of hydrogen-bond donors (Lipinski definition) is 0. The summed E-state index contributed by atoms with van der Waals surface area (Å²) in [6, 6.07) is 0. The van der Waals surface area contributed by atoms with Crippen LogP contribution in [-0.2, 0) is 12.5 Å². The van der Waals surface area contributed by atoms with Crippen LogP contribution in [0, 0.1) is 0 Å². The molecule has 2 nitrogen and oxygen atoms in total. The van der Waals surface area contributed by atoms with Crippen molar-refractivity contribution >= 4 is 0 Å². The third-order valence-corrected chi connectivity index (χ3v) is 2.00. The van der Waals surface area contributed by atoms with Gasteiger partial charge in [0.05, 0.1) is 6.20 Å². The molecule has 0 fully saturated rings. The van der Waals surface area contributed by atoms with Crippen LogP contribution in [0.4, 0.5) is 8.78 Å². The van der Waals surface area contributed by atoms with Crippen LogP contribution in [0.3, 0.4) is 0 Å². The molecule has 0 unspecified atom stereocenters. The van der Waals surface area contributed by atoms with E-state index < -0.39 is 6.43 Å². The topological polar surface area (TPSA) is 17.8 Å². The highest BCUT2D eigenvalue weighted by Crippen LogP contribution is 2.31. The van der Waals surface area contributed by atoms with E-state index in [9.17, 15) is 8.78 Å². The lowest BCUT2D eigenvalue weighted by Crippen LogP contribution is -2.14. The van der Waals surface area contributed by atoms with Gasteiger partial charge in [0.1, 0.15) is 5.69 Å². The average Bonchev–Trinajstić information content (AvgIpc) is 2.28. The molecule has 0 aromatic carbocycles. The Morgan fingerprint density at radius 2 is 1.92 bits per heavy atom. The minimum Gasteiger partial charge on any atom is -0.267 e. The van der Waals surface area contributed by atoms with Crippen molar-refractivity contribution in [3.05, 3.63) is 17.5 Å². The summed E-state index contributed by atoms with van der Waals surface area (Å²) in [6.45, 7) is 5.70. The normalized spacial score (nSPS) is 12.5. The van der Waals surface area contributed by atoms with Gasteiger partial charge in [0.15, 0.2) is 0 Å². The molecule has 0 aliphatic heterocycles. The number of aryl methyl sites for hydroxylation is 1. The Morgan fingerprint density at radius 1 is 1.38 bits per heavy atom. The highest BCUT2D eigenvalue weighted by atomic mass is 19.3. The van der Waals surface area contributed by atoms with Crippen molar-refractivity contribution in [3.63, 3.8) is 0 Å². The molecular formula is C9H14F2N2. The predicted octanol–water partition coefficient (Wildman–Crippen LogP) is 2.66. The fourth-order valence-electron chi connectivity index (χ4n) is 1.28. The van der Waals surface area contributed by atoms with E-state index >= 15 is 0 Å². The van der Waals surface area contributed by atoms with Gasteiger partial charge in [-0.2, -0.15) is 5.10 Å². The predicted molar refractivity (Wildman–Crippen MR) is 46.9 cm³/mol. The van der Waals surface area contributed by atoms with E-state index in [1.54, 1.807) is 0 Å². The lowest BCUT2D eigenvalue weighted by Gasteiger charge is -2.18. The van der Waals surface area contributed by atoms with Crippen LogP contribution in [-0.4, -0.2) is 9.78 Å². The summed E-state index contributed by atoms with van der Waals surface area (Å²) in [5.74, 6) is 0. The Hall–Kier alpha value is -0.930. The molecule has 0 bridgehead atoms. The second kappa shape index (κ2) is 3.09. The number of hydrogen-bond acceptors (Lipinski definition) is 1. The van der Waals surface area contributed by atoms with E-state index in [2.05, 4.69) is 5.10 Å². The molecule has 1 aromatic rings. The van der Waals surface area contributed by atoms with Crippen LogP contribution >= 0.6 is 0 Å². The second-order valence-electron chi connectivity index (χ2n) is 4.12. The summed E-state index contributed by atoms with van der Waals surface area (Å²) in [6.07, 6.45) is -0.941. The SMILES string of the molecule is Cn1ncc(C(C)(C)C)c1C(F)F. The summed E-state index contributed by atoms with van der Waals surface area (Å²) >= 11 is 0. The molecule has 0 amide bonds. The van der Waals surface area contributed by atoms with Crippen LogP contribution in [0.5, 0.6) is 0 Å². The van der Waals surface area contributed by atoms with Gasteiger partial charge < -0.3 is 0 Å². The number of nitrogens with zero attached hydrogens (tertiary/aromatic N) is 2. The van der Waals surface area contributed by atoms with Crippen molar-refractivity contribution < 1.29 is 8.78 Å². The summed E-state index contributed by atoms with van der Waals surface area (Å²) < 4.78 is 26.4. The first kappa shape index (κ1) is 10.2. The smallest absolute Gasteiger partial charge is 0.267 e.